The second-order valence-corrected chi connectivity index (χ2v) is 6.80. The number of rotatable bonds is 2. The summed E-state index contributed by atoms with van der Waals surface area (Å²) in [6.07, 6.45) is 1.62. The summed E-state index contributed by atoms with van der Waals surface area (Å²) in [6, 6.07) is 9.12. The average molecular weight is 505 g/mol. The number of imidazole rings is 1. The van der Waals surface area contributed by atoms with Gasteiger partial charge in [-0.05, 0) is 75.5 Å². The number of aromatic amines is 2. The molecule has 3 aromatic rings. The molecule has 0 aliphatic heterocycles. The Morgan fingerprint density at radius 3 is 2.67 bits per heavy atom. The van der Waals surface area contributed by atoms with Crippen LogP contribution in [0.4, 0.5) is 5.69 Å². The van der Waals surface area contributed by atoms with Crippen LogP contribution in [0.5, 0.6) is 5.75 Å². The standard InChI is InChI=1S/C14H9I2N3O2/c15-8-3-7(13(20)10(16)4-8)6-17-9-1-2-11-12(5-9)19-14(21)18-11/h1-6,20H,(H2,18,19,21)/b17-6+. The van der Waals surface area contributed by atoms with Gasteiger partial charge < -0.3 is 15.1 Å². The molecule has 0 bridgehead atoms. The number of phenols is 1. The lowest BCUT2D eigenvalue weighted by Crippen LogP contribution is -1.99. The van der Waals surface area contributed by atoms with Gasteiger partial charge in [0.05, 0.1) is 20.3 Å². The molecule has 7 heteroatoms. The van der Waals surface area contributed by atoms with Crippen LogP contribution in [-0.2, 0) is 0 Å². The predicted octanol–water partition coefficient (Wildman–Crippen LogP) is 3.52. The first-order chi connectivity index (χ1) is 10.0. The number of nitrogens with one attached hydrogen (secondary N) is 2. The van der Waals surface area contributed by atoms with E-state index in [1.807, 2.05) is 12.1 Å². The summed E-state index contributed by atoms with van der Waals surface area (Å²) in [4.78, 5) is 20.9. The summed E-state index contributed by atoms with van der Waals surface area (Å²) in [6.45, 7) is 0. The zero-order valence-corrected chi connectivity index (χ0v) is 14.8. The molecule has 0 spiro atoms. The third kappa shape index (κ3) is 3.12. The van der Waals surface area contributed by atoms with Gasteiger partial charge in [-0.15, -0.1) is 0 Å². The molecule has 1 heterocycles. The summed E-state index contributed by atoms with van der Waals surface area (Å²) >= 11 is 4.28. The normalized spacial score (nSPS) is 11.5. The van der Waals surface area contributed by atoms with Crippen molar-refractivity contribution < 1.29 is 5.11 Å². The molecule has 0 saturated heterocycles. The number of aliphatic imine (C=N–C) groups is 1. The molecule has 0 fully saturated rings. The van der Waals surface area contributed by atoms with Crippen LogP contribution in [0.1, 0.15) is 5.56 Å². The van der Waals surface area contributed by atoms with Crippen LogP contribution in [0.25, 0.3) is 11.0 Å². The van der Waals surface area contributed by atoms with Crippen molar-refractivity contribution in [3.8, 4) is 5.75 Å². The highest BCUT2D eigenvalue weighted by molar-refractivity contribution is 14.1. The van der Waals surface area contributed by atoms with E-state index >= 15 is 0 Å². The van der Waals surface area contributed by atoms with Crippen LogP contribution < -0.4 is 5.69 Å². The number of hydrogen-bond acceptors (Lipinski definition) is 3. The first kappa shape index (κ1) is 14.6. The largest absolute Gasteiger partial charge is 0.506 e. The quantitative estimate of drug-likeness (QED) is 0.368. The maximum atomic E-state index is 11.2. The fraction of sp³-hybridized carbons (Fsp3) is 0. The van der Waals surface area contributed by atoms with Crippen molar-refractivity contribution in [2.75, 3.05) is 0 Å². The number of aromatic nitrogens is 2. The Labute approximate surface area is 146 Å². The molecule has 5 nitrogen and oxygen atoms in total. The molecule has 106 valence electrons. The molecule has 0 unspecified atom stereocenters. The molecule has 0 saturated carbocycles. The van der Waals surface area contributed by atoms with Gasteiger partial charge in [-0.25, -0.2) is 4.79 Å². The number of halogens is 2. The van der Waals surface area contributed by atoms with Gasteiger partial charge in [-0.3, -0.25) is 4.99 Å². The van der Waals surface area contributed by atoms with Crippen LogP contribution in [0.15, 0.2) is 40.1 Å². The Morgan fingerprint density at radius 1 is 1.10 bits per heavy atom. The zero-order chi connectivity index (χ0) is 15.0. The minimum Gasteiger partial charge on any atom is -0.506 e. The van der Waals surface area contributed by atoms with Crippen LogP contribution in [0.2, 0.25) is 0 Å². The Hall–Kier alpha value is -1.36. The van der Waals surface area contributed by atoms with Crippen molar-refractivity contribution in [3.63, 3.8) is 0 Å². The summed E-state index contributed by atoms with van der Waals surface area (Å²) in [7, 11) is 0. The van der Waals surface area contributed by atoms with Crippen LogP contribution in [-0.4, -0.2) is 21.3 Å². The van der Waals surface area contributed by atoms with Gasteiger partial charge in [0.1, 0.15) is 5.75 Å². The number of phenolic OH excluding ortho intramolecular Hbond substituents is 1. The van der Waals surface area contributed by atoms with E-state index < -0.39 is 0 Å². The number of benzene rings is 2. The van der Waals surface area contributed by atoms with Gasteiger partial charge in [-0.1, -0.05) is 0 Å². The number of aromatic hydroxyl groups is 1. The Kier molecular flexibility index (Phi) is 4.02. The molecule has 2 aromatic carbocycles. The number of nitrogens with zero attached hydrogens (tertiary/aromatic N) is 1. The fourth-order valence-corrected chi connectivity index (χ4v) is 3.82. The second-order valence-electron chi connectivity index (χ2n) is 4.39. The molecule has 0 atom stereocenters. The van der Waals surface area contributed by atoms with Gasteiger partial charge in [0.2, 0.25) is 0 Å². The van der Waals surface area contributed by atoms with E-state index in [2.05, 4.69) is 60.1 Å². The Morgan fingerprint density at radius 2 is 1.86 bits per heavy atom. The van der Waals surface area contributed by atoms with Crippen molar-refractivity contribution in [2.45, 2.75) is 0 Å². The second kappa shape index (κ2) is 5.79. The molecule has 0 aliphatic rings. The van der Waals surface area contributed by atoms with Crippen molar-refractivity contribution in [1.29, 1.82) is 0 Å². The van der Waals surface area contributed by atoms with Crippen molar-refractivity contribution >= 4 is 68.1 Å². The maximum absolute atomic E-state index is 11.2. The van der Waals surface area contributed by atoms with E-state index in [0.717, 1.165) is 12.7 Å². The summed E-state index contributed by atoms with van der Waals surface area (Å²) in [5, 5.41) is 10.0. The first-order valence-corrected chi connectivity index (χ1v) is 8.13. The van der Waals surface area contributed by atoms with E-state index in [1.165, 1.54) is 0 Å². The average Bonchev–Trinajstić information content (AvgIpc) is 2.80. The molecule has 1 aromatic heterocycles. The molecule has 3 rings (SSSR count). The van der Waals surface area contributed by atoms with Gasteiger partial charge in [0.15, 0.2) is 0 Å². The summed E-state index contributed by atoms with van der Waals surface area (Å²) in [5.41, 5.74) is 2.57. The Balaban J connectivity index is 1.99. The predicted molar refractivity (Wildman–Crippen MR) is 99.7 cm³/mol. The van der Waals surface area contributed by atoms with E-state index in [-0.39, 0.29) is 11.4 Å². The van der Waals surface area contributed by atoms with Crippen LogP contribution in [0, 0.1) is 7.14 Å². The number of H-pyrrole nitrogens is 2. The van der Waals surface area contributed by atoms with Crippen LogP contribution >= 0.6 is 45.2 Å². The summed E-state index contributed by atoms with van der Waals surface area (Å²) in [5.74, 6) is 0.218. The lowest BCUT2D eigenvalue weighted by Gasteiger charge is -2.02. The minimum atomic E-state index is -0.240. The Bertz CT molecular complexity index is 912. The minimum absolute atomic E-state index is 0.218. The molecule has 0 amide bonds. The van der Waals surface area contributed by atoms with Gasteiger partial charge in [-0.2, -0.15) is 0 Å². The topological polar surface area (TPSA) is 81.2 Å². The molecule has 0 aliphatic carbocycles. The van der Waals surface area contributed by atoms with Crippen molar-refractivity contribution in [1.82, 2.24) is 9.97 Å². The molecular weight excluding hydrogens is 496 g/mol. The number of fused-ring (bicyclic) bond motifs is 1. The molecular formula is C14H9I2N3O2. The van der Waals surface area contributed by atoms with E-state index in [4.69, 9.17) is 0 Å². The molecule has 0 radical (unpaired) electrons. The fourth-order valence-electron chi connectivity index (χ4n) is 1.93. The van der Waals surface area contributed by atoms with Gasteiger partial charge >= 0.3 is 5.69 Å². The van der Waals surface area contributed by atoms with E-state index in [0.29, 0.717) is 16.8 Å². The molecule has 21 heavy (non-hydrogen) atoms. The van der Waals surface area contributed by atoms with Crippen molar-refractivity contribution in [3.05, 3.63) is 53.5 Å². The van der Waals surface area contributed by atoms with Gasteiger partial charge in [0.25, 0.3) is 0 Å². The highest BCUT2D eigenvalue weighted by atomic mass is 127. The summed E-state index contributed by atoms with van der Waals surface area (Å²) < 4.78 is 1.81. The zero-order valence-electron chi connectivity index (χ0n) is 10.5. The monoisotopic (exact) mass is 505 g/mol. The van der Waals surface area contributed by atoms with Crippen LogP contribution in [0.3, 0.4) is 0 Å². The number of hydrogen-bond donors (Lipinski definition) is 3. The highest BCUT2D eigenvalue weighted by Gasteiger charge is 2.05. The third-order valence-corrected chi connectivity index (χ3v) is 4.36. The smallest absolute Gasteiger partial charge is 0.323 e. The SMILES string of the molecule is O=c1[nH]c2ccc(/N=C/c3cc(I)cc(I)c3O)cc2[nH]1. The van der Waals surface area contributed by atoms with E-state index in [1.54, 1.807) is 24.4 Å². The van der Waals surface area contributed by atoms with Gasteiger partial charge in [0, 0.05) is 15.3 Å². The van der Waals surface area contributed by atoms with E-state index in [9.17, 15) is 9.90 Å². The maximum Gasteiger partial charge on any atom is 0.323 e. The van der Waals surface area contributed by atoms with Crippen molar-refractivity contribution in [2.24, 2.45) is 4.99 Å². The lowest BCUT2D eigenvalue weighted by molar-refractivity contribution is 0.470. The third-order valence-electron chi connectivity index (χ3n) is 2.91. The molecule has 3 N–H and O–H groups in total. The highest BCUT2D eigenvalue weighted by Crippen LogP contribution is 2.26. The first-order valence-electron chi connectivity index (χ1n) is 5.97. The lowest BCUT2D eigenvalue weighted by atomic mass is 10.2.